The summed E-state index contributed by atoms with van der Waals surface area (Å²) < 4.78 is 2.47. The summed E-state index contributed by atoms with van der Waals surface area (Å²) in [4.78, 5) is 28.5. The number of carbonyl (C=O) groups excluding carboxylic acids is 1. The van der Waals surface area contributed by atoms with Crippen LogP contribution >= 0.6 is 34.5 Å². The molecule has 0 spiro atoms. The molecule has 0 aliphatic rings. The maximum Gasteiger partial charge on any atom is 0.290 e. The van der Waals surface area contributed by atoms with Crippen LogP contribution in [-0.4, -0.2) is 15.5 Å². The van der Waals surface area contributed by atoms with Gasteiger partial charge in [0, 0.05) is 16.4 Å². The summed E-state index contributed by atoms with van der Waals surface area (Å²) in [7, 11) is 0. The highest BCUT2D eigenvalue weighted by Crippen LogP contribution is 2.34. The van der Waals surface area contributed by atoms with Crippen LogP contribution in [0, 0.1) is 0 Å². The Balaban J connectivity index is 1.79. The highest BCUT2D eigenvalue weighted by atomic mass is 35.5. The van der Waals surface area contributed by atoms with Crippen LogP contribution < -0.4 is 11.3 Å². The molecule has 0 fully saturated rings. The Labute approximate surface area is 174 Å². The molecule has 8 heteroatoms. The number of benzene rings is 2. The molecule has 2 aromatic carbocycles. The van der Waals surface area contributed by atoms with Crippen molar-refractivity contribution in [3.8, 4) is 10.4 Å². The lowest BCUT2D eigenvalue weighted by Gasteiger charge is -2.07. The molecule has 2 N–H and O–H groups in total. The number of primary amides is 1. The number of rotatable bonds is 4. The van der Waals surface area contributed by atoms with Gasteiger partial charge >= 0.3 is 0 Å². The predicted octanol–water partition coefficient (Wildman–Crippen LogP) is 4.58. The first-order valence-electron chi connectivity index (χ1n) is 8.25. The van der Waals surface area contributed by atoms with Crippen LogP contribution in [0.5, 0.6) is 0 Å². The molecular formula is C20H13Cl2N3O2S. The van der Waals surface area contributed by atoms with Crippen molar-refractivity contribution in [1.29, 1.82) is 0 Å². The molecule has 0 bridgehead atoms. The lowest BCUT2D eigenvalue weighted by Crippen LogP contribution is -2.11. The number of fused-ring (bicyclic) bond motifs is 1. The summed E-state index contributed by atoms with van der Waals surface area (Å²) in [5.74, 6) is -0.584. The van der Waals surface area contributed by atoms with E-state index in [2.05, 4.69) is 4.98 Å². The molecule has 0 aliphatic carbocycles. The summed E-state index contributed by atoms with van der Waals surface area (Å²) in [5, 5.41) is 0.943. The molecule has 0 radical (unpaired) electrons. The molecule has 2 aromatic heterocycles. The molecule has 1 amide bonds. The van der Waals surface area contributed by atoms with E-state index in [0.29, 0.717) is 16.3 Å². The number of halogens is 2. The van der Waals surface area contributed by atoms with Gasteiger partial charge in [-0.1, -0.05) is 41.4 Å². The van der Waals surface area contributed by atoms with Gasteiger partial charge in [-0.2, -0.15) is 4.98 Å². The number of carbonyl (C=O) groups is 1. The molecule has 0 aliphatic heterocycles. The van der Waals surface area contributed by atoms with Crippen molar-refractivity contribution in [3.63, 3.8) is 0 Å². The van der Waals surface area contributed by atoms with Crippen molar-refractivity contribution in [1.82, 2.24) is 9.55 Å². The quantitative estimate of drug-likeness (QED) is 0.515. The number of hydrogen-bond acceptors (Lipinski definition) is 4. The molecule has 0 saturated carbocycles. The van der Waals surface area contributed by atoms with Crippen LogP contribution in [0.25, 0.3) is 20.7 Å². The SMILES string of the molecule is NC(=O)c1ccc(-c2cc3c(s2)c(=O)ncn3Cc2ccc(Cl)cc2)cc1Cl. The average Bonchev–Trinajstić information content (AvgIpc) is 3.12. The Hall–Kier alpha value is -2.67. The fraction of sp³-hybridized carbons (Fsp3) is 0.0500. The molecule has 0 unspecified atom stereocenters. The Morgan fingerprint density at radius 1 is 1.11 bits per heavy atom. The van der Waals surface area contributed by atoms with Gasteiger partial charge in [-0.15, -0.1) is 11.3 Å². The van der Waals surface area contributed by atoms with Crippen LogP contribution in [-0.2, 0) is 6.54 Å². The number of hydrogen-bond donors (Lipinski definition) is 1. The molecule has 5 nitrogen and oxygen atoms in total. The minimum atomic E-state index is -0.584. The molecule has 4 rings (SSSR count). The van der Waals surface area contributed by atoms with E-state index < -0.39 is 5.91 Å². The van der Waals surface area contributed by atoms with Crippen LogP contribution in [0.1, 0.15) is 15.9 Å². The van der Waals surface area contributed by atoms with Gasteiger partial charge in [0.05, 0.1) is 22.4 Å². The van der Waals surface area contributed by atoms with Crippen LogP contribution in [0.3, 0.4) is 0 Å². The van der Waals surface area contributed by atoms with Crippen LogP contribution in [0.2, 0.25) is 10.0 Å². The van der Waals surface area contributed by atoms with Crippen molar-refractivity contribution in [2.24, 2.45) is 5.73 Å². The molecule has 4 aromatic rings. The van der Waals surface area contributed by atoms with Gasteiger partial charge in [-0.05, 0) is 41.5 Å². The molecule has 28 heavy (non-hydrogen) atoms. The first-order chi connectivity index (χ1) is 13.4. The zero-order valence-electron chi connectivity index (χ0n) is 14.4. The maximum atomic E-state index is 12.3. The summed E-state index contributed by atoms with van der Waals surface area (Å²) >= 11 is 13.5. The van der Waals surface area contributed by atoms with E-state index in [1.54, 1.807) is 24.5 Å². The van der Waals surface area contributed by atoms with Gasteiger partial charge in [-0.3, -0.25) is 9.59 Å². The largest absolute Gasteiger partial charge is 0.366 e. The van der Waals surface area contributed by atoms with Crippen molar-refractivity contribution < 1.29 is 4.79 Å². The average molecular weight is 430 g/mol. The van der Waals surface area contributed by atoms with E-state index >= 15 is 0 Å². The number of nitrogens with zero attached hydrogens (tertiary/aromatic N) is 2. The second-order valence-electron chi connectivity index (χ2n) is 6.19. The summed E-state index contributed by atoms with van der Waals surface area (Å²) in [6, 6.07) is 14.5. The normalized spacial score (nSPS) is 11.1. The van der Waals surface area contributed by atoms with E-state index in [4.69, 9.17) is 28.9 Å². The third-order valence-electron chi connectivity index (χ3n) is 4.32. The minimum absolute atomic E-state index is 0.260. The molecule has 0 atom stereocenters. The van der Waals surface area contributed by atoms with Crippen molar-refractivity contribution in [3.05, 3.63) is 86.4 Å². The van der Waals surface area contributed by atoms with Gasteiger partial charge in [0.25, 0.3) is 5.56 Å². The van der Waals surface area contributed by atoms with Crippen molar-refractivity contribution >= 4 is 50.7 Å². The molecular weight excluding hydrogens is 417 g/mol. The van der Waals surface area contributed by atoms with Crippen molar-refractivity contribution in [2.45, 2.75) is 6.54 Å². The minimum Gasteiger partial charge on any atom is -0.366 e. The summed E-state index contributed by atoms with van der Waals surface area (Å²) in [6.07, 6.45) is 1.54. The summed E-state index contributed by atoms with van der Waals surface area (Å²) in [5.41, 5.74) is 7.91. The van der Waals surface area contributed by atoms with Gasteiger partial charge in [0.15, 0.2) is 0 Å². The number of amides is 1. The van der Waals surface area contributed by atoms with Gasteiger partial charge in [0.1, 0.15) is 4.70 Å². The molecule has 140 valence electrons. The third-order valence-corrected chi connectivity index (χ3v) is 6.04. The van der Waals surface area contributed by atoms with E-state index in [9.17, 15) is 9.59 Å². The van der Waals surface area contributed by atoms with E-state index in [0.717, 1.165) is 21.5 Å². The Morgan fingerprint density at radius 3 is 2.54 bits per heavy atom. The first-order valence-corrected chi connectivity index (χ1v) is 9.83. The second-order valence-corrected chi connectivity index (χ2v) is 8.08. The molecule has 2 heterocycles. The smallest absolute Gasteiger partial charge is 0.290 e. The molecule has 0 saturated heterocycles. The highest BCUT2D eigenvalue weighted by molar-refractivity contribution is 7.22. The fourth-order valence-corrected chi connectivity index (χ4v) is 4.37. The Morgan fingerprint density at radius 2 is 1.86 bits per heavy atom. The van der Waals surface area contributed by atoms with E-state index in [-0.39, 0.29) is 16.1 Å². The van der Waals surface area contributed by atoms with Crippen LogP contribution in [0.15, 0.2) is 59.7 Å². The topological polar surface area (TPSA) is 78.0 Å². The zero-order chi connectivity index (χ0) is 19.8. The maximum absolute atomic E-state index is 12.3. The van der Waals surface area contributed by atoms with E-state index in [1.165, 1.54) is 11.3 Å². The number of nitrogens with two attached hydrogens (primary N) is 1. The fourth-order valence-electron chi connectivity index (χ4n) is 2.91. The number of thiophene rings is 1. The monoisotopic (exact) mass is 429 g/mol. The van der Waals surface area contributed by atoms with Gasteiger partial charge < -0.3 is 10.3 Å². The Kier molecular flexibility index (Phi) is 4.93. The highest BCUT2D eigenvalue weighted by Gasteiger charge is 2.14. The zero-order valence-corrected chi connectivity index (χ0v) is 16.7. The lowest BCUT2D eigenvalue weighted by molar-refractivity contribution is 0.100. The first kappa shape index (κ1) is 18.7. The van der Waals surface area contributed by atoms with Crippen molar-refractivity contribution in [2.75, 3.05) is 0 Å². The standard InChI is InChI=1S/C20H13Cl2N3O2S/c21-13-4-1-11(2-5-13)9-25-10-24-20(27)18-16(25)8-17(28-18)12-3-6-14(19(23)26)15(22)7-12/h1-8,10H,9H2,(H2,23,26). The van der Waals surface area contributed by atoms with E-state index in [1.807, 2.05) is 34.9 Å². The third kappa shape index (κ3) is 3.54. The van der Waals surface area contributed by atoms with Gasteiger partial charge in [0.2, 0.25) is 5.91 Å². The van der Waals surface area contributed by atoms with Crippen LogP contribution in [0.4, 0.5) is 0 Å². The number of aromatic nitrogens is 2. The lowest BCUT2D eigenvalue weighted by atomic mass is 10.1. The van der Waals surface area contributed by atoms with Gasteiger partial charge in [-0.25, -0.2) is 0 Å². The Bertz CT molecular complexity index is 1260. The predicted molar refractivity (Wildman–Crippen MR) is 113 cm³/mol. The second kappa shape index (κ2) is 7.39. The summed E-state index contributed by atoms with van der Waals surface area (Å²) in [6.45, 7) is 0.554.